The molecule has 0 saturated heterocycles. The molecule has 5 rings (SSSR count). The minimum atomic E-state index is -4.19. The number of aromatic nitrogens is 7. The molecular formula is C29H30N8O6S. The number of hydrogen-bond acceptors (Lipinski definition) is 12. The van der Waals surface area contributed by atoms with Crippen molar-refractivity contribution in [3.05, 3.63) is 72.3 Å². The number of nitrogens with one attached hydrogen (secondary N) is 2. The maximum atomic E-state index is 13.7. The van der Waals surface area contributed by atoms with Gasteiger partial charge in [-0.1, -0.05) is 51.1 Å². The maximum Gasteiger partial charge on any atom is 0.263 e. The van der Waals surface area contributed by atoms with Crippen LogP contribution in [0.3, 0.4) is 0 Å². The highest BCUT2D eigenvalue weighted by Gasteiger charge is 2.26. The number of ether oxygens (including phenoxy) is 3. The van der Waals surface area contributed by atoms with Crippen molar-refractivity contribution < 1.29 is 27.7 Å². The molecule has 14 nitrogen and oxygen atoms in total. The van der Waals surface area contributed by atoms with Crippen molar-refractivity contribution in [1.82, 2.24) is 35.6 Å². The number of aliphatic hydroxyl groups is 1. The van der Waals surface area contributed by atoms with Gasteiger partial charge in [-0.2, -0.15) is 4.98 Å². The summed E-state index contributed by atoms with van der Waals surface area (Å²) in [7, 11) is -2.72. The van der Waals surface area contributed by atoms with Crippen LogP contribution in [0.2, 0.25) is 0 Å². The van der Waals surface area contributed by atoms with Gasteiger partial charge in [-0.3, -0.25) is 4.72 Å². The number of rotatable bonds is 11. The highest BCUT2D eigenvalue weighted by Crippen LogP contribution is 2.41. The lowest BCUT2D eigenvalue weighted by molar-refractivity contribution is 0.192. The minimum Gasteiger partial charge on any atom is -0.493 e. The van der Waals surface area contributed by atoms with Crippen molar-refractivity contribution in [2.75, 3.05) is 25.0 Å². The minimum absolute atomic E-state index is 0.000390. The second-order valence-electron chi connectivity index (χ2n) is 10.4. The first kappa shape index (κ1) is 30.3. The fourth-order valence-electron chi connectivity index (χ4n) is 4.04. The summed E-state index contributed by atoms with van der Waals surface area (Å²) in [6, 6.07) is 18.3. The Bertz CT molecular complexity index is 1840. The molecule has 0 aliphatic carbocycles. The third-order valence-electron chi connectivity index (χ3n) is 6.27. The van der Waals surface area contributed by atoms with Gasteiger partial charge >= 0.3 is 0 Å². The molecule has 0 aliphatic rings. The van der Waals surface area contributed by atoms with Crippen molar-refractivity contribution in [3.8, 4) is 46.2 Å². The van der Waals surface area contributed by atoms with Crippen molar-refractivity contribution in [2.45, 2.75) is 31.1 Å². The van der Waals surface area contributed by atoms with Gasteiger partial charge in [0, 0.05) is 0 Å². The van der Waals surface area contributed by atoms with Crippen LogP contribution in [0.25, 0.3) is 23.0 Å². The highest BCUT2D eigenvalue weighted by atomic mass is 32.2. The molecule has 0 spiro atoms. The molecule has 0 unspecified atom stereocenters. The highest BCUT2D eigenvalue weighted by molar-refractivity contribution is 7.92. The van der Waals surface area contributed by atoms with Gasteiger partial charge in [0.1, 0.15) is 18.0 Å². The van der Waals surface area contributed by atoms with E-state index in [0.717, 1.165) is 5.56 Å². The lowest BCUT2D eigenvalue weighted by Gasteiger charge is -2.20. The summed E-state index contributed by atoms with van der Waals surface area (Å²) in [5.41, 5.74) is 1.44. The molecule has 0 amide bonds. The van der Waals surface area contributed by atoms with Gasteiger partial charge in [0.15, 0.2) is 29.0 Å². The monoisotopic (exact) mass is 618 g/mol. The van der Waals surface area contributed by atoms with E-state index in [-0.39, 0.29) is 58.2 Å². The normalized spacial score (nSPS) is 11.7. The number of para-hydroxylation sites is 2. The first-order valence-electron chi connectivity index (χ1n) is 13.4. The number of hydrogen-bond donors (Lipinski definition) is 3. The van der Waals surface area contributed by atoms with E-state index in [1.54, 1.807) is 54.6 Å². The molecule has 0 fully saturated rings. The van der Waals surface area contributed by atoms with Crippen LogP contribution in [-0.2, 0) is 15.4 Å². The number of aromatic amines is 1. The molecule has 3 aromatic heterocycles. The Morgan fingerprint density at radius 1 is 0.909 bits per heavy atom. The second-order valence-corrected chi connectivity index (χ2v) is 12.1. The van der Waals surface area contributed by atoms with Gasteiger partial charge in [-0.25, -0.2) is 23.5 Å². The van der Waals surface area contributed by atoms with Gasteiger partial charge < -0.3 is 19.3 Å². The lowest BCUT2D eigenvalue weighted by Crippen LogP contribution is -2.17. The van der Waals surface area contributed by atoms with E-state index in [1.807, 2.05) is 20.8 Å². The predicted octanol–water partition coefficient (Wildman–Crippen LogP) is 3.99. The number of nitrogens with zero attached hydrogens (tertiary/aromatic N) is 6. The van der Waals surface area contributed by atoms with Gasteiger partial charge in [0.25, 0.3) is 15.9 Å². The van der Waals surface area contributed by atoms with Crippen LogP contribution in [-0.4, -0.2) is 69.4 Å². The van der Waals surface area contributed by atoms with E-state index in [9.17, 15) is 13.5 Å². The molecule has 0 aliphatic heterocycles. The van der Waals surface area contributed by atoms with E-state index in [0.29, 0.717) is 17.3 Å². The Labute approximate surface area is 253 Å². The Morgan fingerprint density at radius 2 is 1.64 bits per heavy atom. The Morgan fingerprint density at radius 3 is 2.30 bits per heavy atom. The lowest BCUT2D eigenvalue weighted by atomic mass is 9.87. The van der Waals surface area contributed by atoms with E-state index < -0.39 is 10.0 Å². The molecule has 44 heavy (non-hydrogen) atoms. The molecule has 2 aromatic carbocycles. The van der Waals surface area contributed by atoms with Crippen LogP contribution in [0.1, 0.15) is 26.3 Å². The summed E-state index contributed by atoms with van der Waals surface area (Å²) in [5, 5.41) is 23.2. The molecule has 5 aromatic rings. The SMILES string of the molecule is COc1ccccc1Oc1c(NS(=O)(=O)c2ccc(C(C)(C)C)cc2)nc(-c2cccc(-c3nnn[nH]3)n2)nc1OCCO. The van der Waals surface area contributed by atoms with Crippen LogP contribution in [0.15, 0.2) is 71.6 Å². The number of methoxy groups -OCH3 is 1. The average Bonchev–Trinajstić information content (AvgIpc) is 3.56. The maximum absolute atomic E-state index is 13.7. The fraction of sp³-hybridized carbons (Fsp3) is 0.241. The number of benzene rings is 2. The number of H-pyrrole nitrogens is 1. The fourth-order valence-corrected chi connectivity index (χ4v) is 5.04. The van der Waals surface area contributed by atoms with Gasteiger partial charge in [0.2, 0.25) is 5.75 Å². The van der Waals surface area contributed by atoms with Crippen molar-refractivity contribution in [2.24, 2.45) is 0 Å². The largest absolute Gasteiger partial charge is 0.493 e. The van der Waals surface area contributed by atoms with Crippen LogP contribution < -0.4 is 18.9 Å². The Balaban J connectivity index is 1.65. The molecule has 3 N–H and O–H groups in total. The van der Waals surface area contributed by atoms with Crippen molar-refractivity contribution >= 4 is 15.8 Å². The van der Waals surface area contributed by atoms with E-state index in [1.165, 1.54) is 19.2 Å². The quantitative estimate of drug-likeness (QED) is 0.193. The molecule has 0 saturated carbocycles. The smallest absolute Gasteiger partial charge is 0.263 e. The first-order valence-corrected chi connectivity index (χ1v) is 14.9. The number of anilines is 1. The topological polar surface area (TPSA) is 187 Å². The number of sulfonamides is 1. The zero-order chi connectivity index (χ0) is 31.3. The first-order chi connectivity index (χ1) is 21.1. The number of tetrazole rings is 1. The zero-order valence-corrected chi connectivity index (χ0v) is 25.2. The molecule has 3 heterocycles. The summed E-state index contributed by atoms with van der Waals surface area (Å²) < 4.78 is 47.2. The van der Waals surface area contributed by atoms with Crippen molar-refractivity contribution in [1.29, 1.82) is 0 Å². The summed E-state index contributed by atoms with van der Waals surface area (Å²) in [6.45, 7) is 5.59. The summed E-state index contributed by atoms with van der Waals surface area (Å²) >= 11 is 0. The summed E-state index contributed by atoms with van der Waals surface area (Å²) in [6.07, 6.45) is 0. The van der Waals surface area contributed by atoms with E-state index in [2.05, 4.69) is 40.3 Å². The predicted molar refractivity (Wildman–Crippen MR) is 160 cm³/mol. The molecule has 228 valence electrons. The van der Waals surface area contributed by atoms with Crippen molar-refractivity contribution in [3.63, 3.8) is 0 Å². The average molecular weight is 619 g/mol. The third-order valence-corrected chi connectivity index (χ3v) is 7.63. The van der Waals surface area contributed by atoms with Gasteiger partial charge in [0.05, 0.1) is 18.6 Å². The number of pyridine rings is 1. The molecule has 0 radical (unpaired) electrons. The molecule has 15 heteroatoms. The molecule has 0 atom stereocenters. The molecule has 0 bridgehead atoms. The van der Waals surface area contributed by atoms with Crippen LogP contribution in [0.4, 0.5) is 5.82 Å². The summed E-state index contributed by atoms with van der Waals surface area (Å²) in [5.74, 6) is 0.378. The van der Waals surface area contributed by atoms with Gasteiger partial charge in [-0.15, -0.1) is 5.10 Å². The Hall–Kier alpha value is -5.15. The second kappa shape index (κ2) is 12.6. The Kier molecular flexibility index (Phi) is 8.69. The van der Waals surface area contributed by atoms with E-state index >= 15 is 0 Å². The van der Waals surface area contributed by atoms with Crippen LogP contribution in [0.5, 0.6) is 23.1 Å². The van der Waals surface area contributed by atoms with E-state index in [4.69, 9.17) is 14.2 Å². The molecular weight excluding hydrogens is 588 g/mol. The third kappa shape index (κ3) is 6.74. The number of aliphatic hydroxyl groups excluding tert-OH is 1. The van der Waals surface area contributed by atoms with Gasteiger partial charge in [-0.05, 0) is 57.8 Å². The summed E-state index contributed by atoms with van der Waals surface area (Å²) in [4.78, 5) is 13.5. The zero-order valence-electron chi connectivity index (χ0n) is 24.3. The standard InChI is InChI=1S/C29H30N8O6S/c1-29(2,3)18-12-14-19(15-13-18)44(39,40)35-27-24(43-23-11-6-5-10-22(23)41-4)28(42-17-16-38)32-25(31-27)20-8-7-9-21(30-20)26-33-36-37-34-26/h5-15,38H,16-17H2,1-4H3,(H,31,32,35)(H,33,34,36,37). The van der Waals surface area contributed by atoms with Crippen LogP contribution >= 0.6 is 0 Å². The van der Waals surface area contributed by atoms with Crippen LogP contribution in [0, 0.1) is 0 Å².